The molecule has 3 N–H and O–H groups in total. The Morgan fingerprint density at radius 3 is 2.53 bits per heavy atom. The summed E-state index contributed by atoms with van der Waals surface area (Å²) in [4.78, 5) is 14.3. The highest BCUT2D eigenvalue weighted by Gasteiger charge is 2.50. The van der Waals surface area contributed by atoms with Crippen LogP contribution in [0.15, 0.2) is 29.4 Å². The van der Waals surface area contributed by atoms with Crippen LogP contribution < -0.4 is 10.6 Å². The molecule has 19 heavy (non-hydrogen) atoms. The first-order valence-corrected chi connectivity index (χ1v) is 6.35. The molecule has 5 nitrogen and oxygen atoms in total. The quantitative estimate of drug-likeness (QED) is 0.377. The lowest BCUT2D eigenvalue weighted by atomic mass is 9.67. The van der Waals surface area contributed by atoms with Crippen LogP contribution in [-0.2, 0) is 4.79 Å². The SMILES string of the molecule is Cc1ccccc1N(C)C(=O)C1(/C(N)=N/O)CCC1. The highest BCUT2D eigenvalue weighted by atomic mass is 16.4. The Labute approximate surface area is 112 Å². The zero-order chi connectivity index (χ0) is 14.0. The van der Waals surface area contributed by atoms with Gasteiger partial charge >= 0.3 is 0 Å². The summed E-state index contributed by atoms with van der Waals surface area (Å²) in [5, 5.41) is 11.9. The summed E-state index contributed by atoms with van der Waals surface area (Å²) in [6.45, 7) is 1.95. The molecule has 2 rings (SSSR count). The number of rotatable bonds is 3. The summed E-state index contributed by atoms with van der Waals surface area (Å²) in [7, 11) is 1.73. The van der Waals surface area contributed by atoms with Crippen LogP contribution in [-0.4, -0.2) is 24.0 Å². The van der Waals surface area contributed by atoms with E-state index in [0.717, 1.165) is 17.7 Å². The van der Waals surface area contributed by atoms with Gasteiger partial charge in [0.15, 0.2) is 5.84 Å². The van der Waals surface area contributed by atoms with Gasteiger partial charge in [0.2, 0.25) is 5.91 Å². The summed E-state index contributed by atoms with van der Waals surface area (Å²) in [5.74, 6) is -0.0902. The lowest BCUT2D eigenvalue weighted by Gasteiger charge is -2.41. The molecule has 1 aliphatic carbocycles. The number of carbonyl (C=O) groups excluding carboxylic acids is 1. The van der Waals surface area contributed by atoms with Crippen molar-refractivity contribution in [1.29, 1.82) is 0 Å². The Balaban J connectivity index is 2.32. The van der Waals surface area contributed by atoms with Crippen molar-refractivity contribution in [2.45, 2.75) is 26.2 Å². The number of benzene rings is 1. The molecule has 1 amide bonds. The molecule has 0 radical (unpaired) electrons. The maximum atomic E-state index is 12.7. The number of para-hydroxylation sites is 1. The summed E-state index contributed by atoms with van der Waals surface area (Å²) < 4.78 is 0. The maximum absolute atomic E-state index is 12.7. The van der Waals surface area contributed by atoms with Gasteiger partial charge in [-0.3, -0.25) is 4.79 Å². The zero-order valence-corrected chi connectivity index (χ0v) is 11.3. The van der Waals surface area contributed by atoms with E-state index in [4.69, 9.17) is 10.9 Å². The van der Waals surface area contributed by atoms with Crippen molar-refractivity contribution in [3.8, 4) is 0 Å². The second kappa shape index (κ2) is 4.91. The number of nitrogens with zero attached hydrogens (tertiary/aromatic N) is 2. The van der Waals surface area contributed by atoms with E-state index in [9.17, 15) is 4.79 Å². The summed E-state index contributed by atoms with van der Waals surface area (Å²) in [6.07, 6.45) is 2.19. The van der Waals surface area contributed by atoms with E-state index in [-0.39, 0.29) is 11.7 Å². The van der Waals surface area contributed by atoms with Gasteiger partial charge < -0.3 is 15.8 Å². The third kappa shape index (κ3) is 2.05. The Morgan fingerprint density at radius 1 is 1.42 bits per heavy atom. The van der Waals surface area contributed by atoms with Crippen LogP contribution in [0.1, 0.15) is 24.8 Å². The van der Waals surface area contributed by atoms with Crippen molar-refractivity contribution >= 4 is 17.4 Å². The second-order valence-corrected chi connectivity index (χ2v) is 5.07. The minimum atomic E-state index is -0.828. The standard InChI is InChI=1S/C14H19N3O2/c1-10-6-3-4-7-11(10)17(2)13(18)14(8-5-9-14)12(15)16-19/h3-4,6-7,19H,5,8-9H2,1-2H3,(H2,15,16). The predicted molar refractivity (Wildman–Crippen MR) is 74.3 cm³/mol. The van der Waals surface area contributed by atoms with E-state index in [1.165, 1.54) is 0 Å². The fourth-order valence-corrected chi connectivity index (χ4v) is 2.58. The normalized spacial score (nSPS) is 17.7. The Hall–Kier alpha value is -2.04. The molecule has 0 unspecified atom stereocenters. The largest absolute Gasteiger partial charge is 0.409 e. The first kappa shape index (κ1) is 13.4. The van der Waals surface area contributed by atoms with Gasteiger partial charge in [-0.05, 0) is 31.4 Å². The van der Waals surface area contributed by atoms with Crippen LogP contribution in [0.5, 0.6) is 0 Å². The van der Waals surface area contributed by atoms with E-state index in [0.29, 0.717) is 12.8 Å². The first-order chi connectivity index (χ1) is 9.03. The number of aryl methyl sites for hydroxylation is 1. The Kier molecular flexibility index (Phi) is 3.46. The molecule has 1 aromatic rings. The zero-order valence-electron chi connectivity index (χ0n) is 11.3. The van der Waals surface area contributed by atoms with Crippen molar-refractivity contribution in [3.63, 3.8) is 0 Å². The molecule has 0 heterocycles. The highest BCUT2D eigenvalue weighted by Crippen LogP contribution is 2.43. The van der Waals surface area contributed by atoms with Crippen molar-refractivity contribution < 1.29 is 10.0 Å². The van der Waals surface area contributed by atoms with Gasteiger partial charge in [0, 0.05) is 12.7 Å². The first-order valence-electron chi connectivity index (χ1n) is 6.35. The molecule has 1 saturated carbocycles. The fraction of sp³-hybridized carbons (Fsp3) is 0.429. The minimum absolute atomic E-state index is 0.0178. The number of carbonyl (C=O) groups is 1. The van der Waals surface area contributed by atoms with Gasteiger partial charge in [0.1, 0.15) is 5.41 Å². The van der Waals surface area contributed by atoms with Crippen LogP contribution in [0, 0.1) is 12.3 Å². The molecule has 1 fully saturated rings. The number of oxime groups is 1. The van der Waals surface area contributed by atoms with Crippen LogP contribution >= 0.6 is 0 Å². The average Bonchev–Trinajstić information content (AvgIpc) is 2.36. The molecule has 0 atom stereocenters. The van der Waals surface area contributed by atoms with Gasteiger partial charge in [-0.2, -0.15) is 0 Å². The summed E-state index contributed by atoms with van der Waals surface area (Å²) in [6, 6.07) is 7.67. The van der Waals surface area contributed by atoms with E-state index in [1.54, 1.807) is 11.9 Å². The van der Waals surface area contributed by atoms with Gasteiger partial charge in [-0.15, -0.1) is 0 Å². The molecule has 1 aliphatic rings. The topological polar surface area (TPSA) is 78.9 Å². The van der Waals surface area contributed by atoms with Gasteiger partial charge in [-0.1, -0.05) is 29.8 Å². The van der Waals surface area contributed by atoms with Crippen molar-refractivity contribution in [1.82, 2.24) is 0 Å². The number of hydrogen-bond donors (Lipinski definition) is 2. The molecular formula is C14H19N3O2. The third-order valence-corrected chi connectivity index (χ3v) is 4.00. The Morgan fingerprint density at radius 2 is 2.05 bits per heavy atom. The van der Waals surface area contributed by atoms with Crippen molar-refractivity contribution in [3.05, 3.63) is 29.8 Å². The lowest BCUT2D eigenvalue weighted by molar-refractivity contribution is -0.128. The molecule has 1 aromatic carbocycles. The summed E-state index contributed by atoms with van der Waals surface area (Å²) in [5.41, 5.74) is 6.77. The number of nitrogens with two attached hydrogens (primary N) is 1. The molecule has 0 spiro atoms. The van der Waals surface area contributed by atoms with E-state index in [1.807, 2.05) is 31.2 Å². The van der Waals surface area contributed by atoms with Crippen LogP contribution in [0.2, 0.25) is 0 Å². The number of amidine groups is 1. The smallest absolute Gasteiger partial charge is 0.240 e. The molecule has 5 heteroatoms. The summed E-state index contributed by atoms with van der Waals surface area (Å²) >= 11 is 0. The third-order valence-electron chi connectivity index (χ3n) is 4.00. The number of amides is 1. The molecule has 102 valence electrons. The van der Waals surface area contributed by atoms with Gasteiger partial charge in [0.05, 0.1) is 0 Å². The number of hydrogen-bond acceptors (Lipinski definition) is 3. The molecule has 0 saturated heterocycles. The second-order valence-electron chi connectivity index (χ2n) is 5.07. The van der Waals surface area contributed by atoms with Crippen LogP contribution in [0.4, 0.5) is 5.69 Å². The van der Waals surface area contributed by atoms with Crippen LogP contribution in [0.25, 0.3) is 0 Å². The lowest BCUT2D eigenvalue weighted by Crippen LogP contribution is -2.54. The van der Waals surface area contributed by atoms with Gasteiger partial charge in [-0.25, -0.2) is 0 Å². The molecular weight excluding hydrogens is 242 g/mol. The number of anilines is 1. The fourth-order valence-electron chi connectivity index (χ4n) is 2.58. The molecule has 0 bridgehead atoms. The van der Waals surface area contributed by atoms with E-state index in [2.05, 4.69) is 5.16 Å². The van der Waals surface area contributed by atoms with Crippen LogP contribution in [0.3, 0.4) is 0 Å². The Bertz CT molecular complexity index is 521. The molecule has 0 aliphatic heterocycles. The van der Waals surface area contributed by atoms with E-state index < -0.39 is 5.41 Å². The maximum Gasteiger partial charge on any atom is 0.240 e. The molecule has 0 aromatic heterocycles. The van der Waals surface area contributed by atoms with Crippen molar-refractivity contribution in [2.24, 2.45) is 16.3 Å². The predicted octanol–water partition coefficient (Wildman–Crippen LogP) is 1.87. The minimum Gasteiger partial charge on any atom is -0.409 e. The monoisotopic (exact) mass is 261 g/mol. The average molecular weight is 261 g/mol. The van der Waals surface area contributed by atoms with Crippen molar-refractivity contribution in [2.75, 3.05) is 11.9 Å². The van der Waals surface area contributed by atoms with E-state index >= 15 is 0 Å². The highest BCUT2D eigenvalue weighted by molar-refractivity contribution is 6.13. The van der Waals surface area contributed by atoms with Gasteiger partial charge in [0.25, 0.3) is 0 Å².